The van der Waals surface area contributed by atoms with Gasteiger partial charge in [0.15, 0.2) is 5.96 Å². The van der Waals surface area contributed by atoms with Crippen molar-refractivity contribution in [1.29, 1.82) is 0 Å². The fourth-order valence-corrected chi connectivity index (χ4v) is 1.83. The zero-order valence-electron chi connectivity index (χ0n) is 10.7. The molecule has 1 aliphatic carbocycles. The molecular formula is C11H21IN6. The van der Waals surface area contributed by atoms with Crippen LogP contribution in [0.3, 0.4) is 0 Å². The van der Waals surface area contributed by atoms with Crippen LogP contribution < -0.4 is 11.1 Å². The van der Waals surface area contributed by atoms with Gasteiger partial charge < -0.3 is 11.1 Å². The summed E-state index contributed by atoms with van der Waals surface area (Å²) in [6.45, 7) is 4.26. The average Bonchev–Trinajstić information content (AvgIpc) is 2.71. The molecule has 0 radical (unpaired) electrons. The molecule has 1 aliphatic rings. The second kappa shape index (κ2) is 7.55. The van der Waals surface area contributed by atoms with Gasteiger partial charge in [0.25, 0.3) is 0 Å². The maximum Gasteiger partial charge on any atom is 0.189 e. The molecule has 1 saturated carbocycles. The Bertz CT molecular complexity index is 385. The lowest BCUT2D eigenvalue weighted by Gasteiger charge is -2.25. The maximum atomic E-state index is 5.79. The third kappa shape index (κ3) is 4.11. The average molecular weight is 364 g/mol. The highest BCUT2D eigenvalue weighted by Crippen LogP contribution is 2.24. The lowest BCUT2D eigenvalue weighted by molar-refractivity contribution is 0.315. The number of nitrogens with zero attached hydrogens (tertiary/aromatic N) is 4. The van der Waals surface area contributed by atoms with E-state index in [1.807, 2.05) is 11.6 Å². The van der Waals surface area contributed by atoms with Crippen molar-refractivity contribution in [2.45, 2.75) is 39.3 Å². The Hall–Kier alpha value is -0.860. The van der Waals surface area contributed by atoms with Crippen LogP contribution in [0, 0.1) is 5.92 Å². The second-order valence-electron chi connectivity index (χ2n) is 4.37. The molecule has 0 aliphatic heterocycles. The quantitative estimate of drug-likeness (QED) is 0.466. The Morgan fingerprint density at radius 1 is 1.61 bits per heavy atom. The lowest BCUT2D eigenvalue weighted by Crippen LogP contribution is -2.37. The molecule has 1 fully saturated rings. The van der Waals surface area contributed by atoms with Gasteiger partial charge in [-0.05, 0) is 25.7 Å². The number of nitrogens with two attached hydrogens (primary N) is 1. The summed E-state index contributed by atoms with van der Waals surface area (Å²) in [5.41, 5.74) is 5.79. The standard InChI is InChI=1S/C11H20N6.HI/c1-2-17-10(15-8-16-17)7-14-11(12)13-6-9-4-3-5-9;/h8-9H,2-7H2,1H3,(H3,12,13,14);1H. The summed E-state index contributed by atoms with van der Waals surface area (Å²) in [4.78, 5) is 8.41. The number of halogens is 1. The monoisotopic (exact) mass is 364 g/mol. The number of aryl methyl sites for hydroxylation is 1. The van der Waals surface area contributed by atoms with Crippen molar-refractivity contribution in [3.8, 4) is 0 Å². The van der Waals surface area contributed by atoms with E-state index in [1.165, 1.54) is 19.3 Å². The highest BCUT2D eigenvalue weighted by atomic mass is 127. The van der Waals surface area contributed by atoms with Crippen molar-refractivity contribution >= 4 is 29.9 Å². The smallest absolute Gasteiger partial charge is 0.189 e. The van der Waals surface area contributed by atoms with Gasteiger partial charge in [0, 0.05) is 13.1 Å². The summed E-state index contributed by atoms with van der Waals surface area (Å²) in [5, 5.41) is 7.24. The van der Waals surface area contributed by atoms with E-state index in [2.05, 4.69) is 20.4 Å². The largest absolute Gasteiger partial charge is 0.370 e. The van der Waals surface area contributed by atoms with Crippen molar-refractivity contribution in [3.63, 3.8) is 0 Å². The SMILES string of the molecule is CCn1ncnc1CN=C(N)NCC1CCC1.I. The number of rotatable bonds is 5. The van der Waals surface area contributed by atoms with E-state index in [1.54, 1.807) is 6.33 Å². The van der Waals surface area contributed by atoms with Gasteiger partial charge in [-0.2, -0.15) is 5.10 Å². The van der Waals surface area contributed by atoms with Crippen molar-refractivity contribution in [3.05, 3.63) is 12.2 Å². The molecule has 0 saturated heterocycles. The van der Waals surface area contributed by atoms with E-state index in [0.717, 1.165) is 24.8 Å². The number of aromatic nitrogens is 3. The highest BCUT2D eigenvalue weighted by Gasteiger charge is 2.16. The number of nitrogens with one attached hydrogen (secondary N) is 1. The van der Waals surface area contributed by atoms with E-state index >= 15 is 0 Å². The first kappa shape index (κ1) is 15.2. The molecule has 0 amide bonds. The molecular weight excluding hydrogens is 343 g/mol. The number of guanidine groups is 1. The number of hydrogen-bond donors (Lipinski definition) is 2. The first-order valence-electron chi connectivity index (χ1n) is 6.20. The van der Waals surface area contributed by atoms with Crippen LogP contribution >= 0.6 is 24.0 Å². The predicted molar refractivity (Wildman–Crippen MR) is 81.8 cm³/mol. The third-order valence-corrected chi connectivity index (χ3v) is 3.18. The topological polar surface area (TPSA) is 81.1 Å². The second-order valence-corrected chi connectivity index (χ2v) is 4.37. The summed E-state index contributed by atoms with van der Waals surface area (Å²) in [6.07, 6.45) is 5.52. The van der Waals surface area contributed by atoms with Crippen LogP contribution in [0.1, 0.15) is 32.0 Å². The van der Waals surface area contributed by atoms with Gasteiger partial charge in [0.05, 0.1) is 0 Å². The molecule has 18 heavy (non-hydrogen) atoms. The first-order valence-corrected chi connectivity index (χ1v) is 6.20. The Morgan fingerprint density at radius 2 is 2.39 bits per heavy atom. The van der Waals surface area contributed by atoms with Gasteiger partial charge in [-0.3, -0.25) is 0 Å². The molecule has 2 rings (SSSR count). The van der Waals surface area contributed by atoms with Gasteiger partial charge in [0.1, 0.15) is 18.7 Å². The zero-order chi connectivity index (χ0) is 12.1. The molecule has 102 valence electrons. The fraction of sp³-hybridized carbons (Fsp3) is 0.727. The van der Waals surface area contributed by atoms with Crippen LogP contribution in [0.5, 0.6) is 0 Å². The molecule has 1 aromatic rings. The van der Waals surface area contributed by atoms with Crippen molar-refractivity contribution < 1.29 is 0 Å². The summed E-state index contributed by atoms with van der Waals surface area (Å²) in [7, 11) is 0. The van der Waals surface area contributed by atoms with E-state index in [0.29, 0.717) is 12.5 Å². The van der Waals surface area contributed by atoms with Gasteiger partial charge in [-0.25, -0.2) is 14.7 Å². The molecule has 0 bridgehead atoms. The van der Waals surface area contributed by atoms with Crippen LogP contribution in [-0.4, -0.2) is 27.3 Å². The molecule has 0 unspecified atom stereocenters. The summed E-state index contributed by atoms with van der Waals surface area (Å²) in [5.74, 6) is 2.13. The van der Waals surface area contributed by atoms with E-state index in [4.69, 9.17) is 5.73 Å². The Morgan fingerprint density at radius 3 is 3.00 bits per heavy atom. The summed E-state index contributed by atoms with van der Waals surface area (Å²) in [6, 6.07) is 0. The van der Waals surface area contributed by atoms with Crippen LogP contribution in [0.4, 0.5) is 0 Å². The summed E-state index contributed by atoms with van der Waals surface area (Å²) >= 11 is 0. The first-order chi connectivity index (χ1) is 8.29. The van der Waals surface area contributed by atoms with E-state index < -0.39 is 0 Å². The maximum absolute atomic E-state index is 5.79. The molecule has 6 nitrogen and oxygen atoms in total. The number of hydrogen-bond acceptors (Lipinski definition) is 3. The lowest BCUT2D eigenvalue weighted by atomic mass is 9.85. The minimum Gasteiger partial charge on any atom is -0.370 e. The van der Waals surface area contributed by atoms with Gasteiger partial charge in [0.2, 0.25) is 0 Å². The van der Waals surface area contributed by atoms with Gasteiger partial charge in [-0.1, -0.05) is 6.42 Å². The molecule has 0 atom stereocenters. The van der Waals surface area contributed by atoms with Gasteiger partial charge >= 0.3 is 0 Å². The third-order valence-electron chi connectivity index (χ3n) is 3.18. The molecule has 3 N–H and O–H groups in total. The Balaban J connectivity index is 0.00000162. The highest BCUT2D eigenvalue weighted by molar-refractivity contribution is 14.0. The van der Waals surface area contributed by atoms with Crippen LogP contribution in [0.15, 0.2) is 11.3 Å². The Kier molecular flexibility index (Phi) is 6.37. The van der Waals surface area contributed by atoms with Crippen LogP contribution in [-0.2, 0) is 13.1 Å². The fourth-order valence-electron chi connectivity index (χ4n) is 1.83. The normalized spacial score (nSPS) is 15.9. The molecule has 1 heterocycles. The van der Waals surface area contributed by atoms with Crippen molar-refractivity contribution in [2.24, 2.45) is 16.6 Å². The molecule has 0 spiro atoms. The van der Waals surface area contributed by atoms with Crippen LogP contribution in [0.25, 0.3) is 0 Å². The minimum absolute atomic E-state index is 0. The molecule has 0 aromatic carbocycles. The van der Waals surface area contributed by atoms with E-state index in [9.17, 15) is 0 Å². The molecule has 1 aromatic heterocycles. The van der Waals surface area contributed by atoms with Gasteiger partial charge in [-0.15, -0.1) is 24.0 Å². The van der Waals surface area contributed by atoms with Crippen molar-refractivity contribution in [2.75, 3.05) is 6.54 Å². The van der Waals surface area contributed by atoms with Crippen LogP contribution in [0.2, 0.25) is 0 Å². The summed E-state index contributed by atoms with van der Waals surface area (Å²) < 4.78 is 1.82. The zero-order valence-corrected chi connectivity index (χ0v) is 13.0. The predicted octanol–water partition coefficient (Wildman–Crippen LogP) is 1.12. The minimum atomic E-state index is 0. The van der Waals surface area contributed by atoms with Crippen molar-refractivity contribution in [1.82, 2.24) is 20.1 Å². The van der Waals surface area contributed by atoms with E-state index in [-0.39, 0.29) is 24.0 Å². The molecule has 7 heteroatoms. The Labute approximate surface area is 124 Å². The number of aliphatic imine (C=N–C) groups is 1.